The smallest absolute Gasteiger partial charge is 0.161 e. The van der Waals surface area contributed by atoms with E-state index in [2.05, 4.69) is 67.7 Å². The van der Waals surface area contributed by atoms with Gasteiger partial charge in [0.25, 0.3) is 0 Å². The zero-order chi connectivity index (χ0) is 15.4. The number of halogens is 3. The van der Waals surface area contributed by atoms with Crippen molar-refractivity contribution in [2.75, 3.05) is 11.9 Å². The Bertz CT molecular complexity index is 629. The van der Waals surface area contributed by atoms with Gasteiger partial charge in [-0.1, -0.05) is 29.8 Å². The summed E-state index contributed by atoms with van der Waals surface area (Å²) in [6.07, 6.45) is 1.83. The van der Waals surface area contributed by atoms with Crippen LogP contribution in [0.2, 0.25) is 0 Å². The molecule has 0 bridgehead atoms. The van der Waals surface area contributed by atoms with E-state index in [1.165, 1.54) is 12.1 Å². The molecule has 0 saturated heterocycles. The Kier molecular flexibility index (Phi) is 5.92. The Morgan fingerprint density at radius 1 is 1.24 bits per heavy atom. The second kappa shape index (κ2) is 7.49. The highest BCUT2D eigenvalue weighted by atomic mass is 127. The number of nitrogens with one attached hydrogen (secondary N) is 1. The first-order valence-electron chi connectivity index (χ1n) is 6.81. The van der Waals surface area contributed by atoms with E-state index < -0.39 is 0 Å². The second-order valence-corrected chi connectivity index (χ2v) is 6.59. The average molecular weight is 464 g/mol. The van der Waals surface area contributed by atoms with Gasteiger partial charge in [0.1, 0.15) is 11.6 Å². The van der Waals surface area contributed by atoms with E-state index in [1.54, 1.807) is 0 Å². The zero-order valence-electron chi connectivity index (χ0n) is 11.9. The quantitative estimate of drug-likeness (QED) is 0.631. The fourth-order valence-electron chi connectivity index (χ4n) is 1.90. The minimum absolute atomic E-state index is 0.303. The summed E-state index contributed by atoms with van der Waals surface area (Å²) in [4.78, 5) is 9.12. The molecule has 3 nitrogen and oxygen atoms in total. The van der Waals surface area contributed by atoms with E-state index >= 15 is 0 Å². The number of nitrogens with zero attached hydrogens (tertiary/aromatic N) is 2. The van der Waals surface area contributed by atoms with Crippen molar-refractivity contribution in [2.24, 2.45) is 0 Å². The van der Waals surface area contributed by atoms with Crippen LogP contribution >= 0.6 is 38.5 Å². The molecule has 0 radical (unpaired) electrons. The molecule has 1 aromatic heterocycles. The first-order valence-corrected chi connectivity index (χ1v) is 8.69. The standard InChI is InChI=1S/C15H16BrFIN3/c1-3-5-19-15-13(18)12(4-2)20-14(21-15)9-6-10(16)8-11(17)7-9/h6-8H,3-5H2,1-2H3,(H,19,20,21). The van der Waals surface area contributed by atoms with Gasteiger partial charge in [0.15, 0.2) is 5.82 Å². The molecule has 0 atom stereocenters. The predicted octanol–water partition coefficient (Wildman–Crippen LogP) is 5.03. The molecule has 0 aliphatic heterocycles. The summed E-state index contributed by atoms with van der Waals surface area (Å²) in [6.45, 7) is 5.01. The Balaban J connectivity index is 2.52. The van der Waals surface area contributed by atoms with Crippen molar-refractivity contribution in [1.82, 2.24) is 9.97 Å². The second-order valence-electron chi connectivity index (χ2n) is 4.59. The number of anilines is 1. The summed E-state index contributed by atoms with van der Waals surface area (Å²) < 4.78 is 15.3. The van der Waals surface area contributed by atoms with Gasteiger partial charge in [0, 0.05) is 16.6 Å². The van der Waals surface area contributed by atoms with Gasteiger partial charge in [-0.25, -0.2) is 14.4 Å². The van der Waals surface area contributed by atoms with E-state index in [1.807, 2.05) is 6.07 Å². The maximum atomic E-state index is 13.6. The zero-order valence-corrected chi connectivity index (χ0v) is 15.6. The van der Waals surface area contributed by atoms with Crippen LogP contribution in [0.3, 0.4) is 0 Å². The van der Waals surface area contributed by atoms with Crippen LogP contribution in [0.1, 0.15) is 26.0 Å². The Morgan fingerprint density at radius 2 is 2.00 bits per heavy atom. The number of aryl methyl sites for hydroxylation is 1. The number of benzene rings is 1. The van der Waals surface area contributed by atoms with E-state index in [4.69, 9.17) is 0 Å². The number of hydrogen-bond acceptors (Lipinski definition) is 3. The molecule has 0 aliphatic rings. The molecule has 1 heterocycles. The van der Waals surface area contributed by atoms with Crippen molar-refractivity contribution in [3.8, 4) is 11.4 Å². The van der Waals surface area contributed by atoms with Crippen LogP contribution < -0.4 is 5.32 Å². The third-order valence-corrected chi connectivity index (χ3v) is 4.51. The molecule has 1 aromatic carbocycles. The molecule has 112 valence electrons. The third-order valence-electron chi connectivity index (χ3n) is 2.92. The van der Waals surface area contributed by atoms with Crippen LogP contribution in [-0.4, -0.2) is 16.5 Å². The SMILES string of the molecule is CCCNc1nc(-c2cc(F)cc(Br)c2)nc(CC)c1I. The van der Waals surface area contributed by atoms with Gasteiger partial charge in [-0.05, 0) is 53.6 Å². The van der Waals surface area contributed by atoms with Gasteiger partial charge in [-0.15, -0.1) is 0 Å². The van der Waals surface area contributed by atoms with Crippen LogP contribution in [0.4, 0.5) is 10.2 Å². The Labute approximate surface area is 146 Å². The van der Waals surface area contributed by atoms with Crippen molar-refractivity contribution in [3.05, 3.63) is 37.8 Å². The van der Waals surface area contributed by atoms with Gasteiger partial charge in [-0.3, -0.25) is 0 Å². The van der Waals surface area contributed by atoms with Crippen LogP contribution in [0.5, 0.6) is 0 Å². The minimum Gasteiger partial charge on any atom is -0.369 e. The molecule has 0 unspecified atom stereocenters. The number of aromatic nitrogens is 2. The summed E-state index contributed by atoms with van der Waals surface area (Å²) >= 11 is 5.57. The monoisotopic (exact) mass is 463 g/mol. The third kappa shape index (κ3) is 4.12. The largest absolute Gasteiger partial charge is 0.369 e. The molecular weight excluding hydrogens is 448 g/mol. The molecule has 2 rings (SSSR count). The topological polar surface area (TPSA) is 37.8 Å². The minimum atomic E-state index is -0.303. The lowest BCUT2D eigenvalue weighted by Crippen LogP contribution is -2.09. The average Bonchev–Trinajstić information content (AvgIpc) is 2.45. The van der Waals surface area contributed by atoms with Crippen molar-refractivity contribution < 1.29 is 4.39 Å². The first kappa shape index (κ1) is 16.6. The molecule has 0 amide bonds. The maximum absolute atomic E-state index is 13.6. The van der Waals surface area contributed by atoms with Gasteiger partial charge in [-0.2, -0.15) is 0 Å². The normalized spacial score (nSPS) is 10.7. The summed E-state index contributed by atoms with van der Waals surface area (Å²) in [5.74, 6) is 1.06. The first-order chi connectivity index (χ1) is 10.0. The lowest BCUT2D eigenvalue weighted by molar-refractivity contribution is 0.627. The number of hydrogen-bond donors (Lipinski definition) is 1. The molecule has 2 aromatic rings. The van der Waals surface area contributed by atoms with Crippen molar-refractivity contribution in [1.29, 1.82) is 0 Å². The molecule has 21 heavy (non-hydrogen) atoms. The van der Waals surface area contributed by atoms with Crippen LogP contribution in [-0.2, 0) is 6.42 Å². The molecule has 0 saturated carbocycles. The van der Waals surface area contributed by atoms with Crippen molar-refractivity contribution >= 4 is 44.3 Å². The lowest BCUT2D eigenvalue weighted by atomic mass is 10.2. The van der Waals surface area contributed by atoms with Gasteiger partial charge in [0.2, 0.25) is 0 Å². The molecular formula is C15H16BrFIN3. The van der Waals surface area contributed by atoms with E-state index in [0.717, 1.165) is 34.5 Å². The van der Waals surface area contributed by atoms with Crippen molar-refractivity contribution in [3.63, 3.8) is 0 Å². The summed E-state index contributed by atoms with van der Waals surface area (Å²) in [5.41, 5.74) is 1.65. The molecule has 6 heteroatoms. The summed E-state index contributed by atoms with van der Waals surface area (Å²) in [5, 5.41) is 3.31. The Hall–Kier alpha value is -0.760. The summed E-state index contributed by atoms with van der Waals surface area (Å²) in [7, 11) is 0. The van der Waals surface area contributed by atoms with E-state index in [9.17, 15) is 4.39 Å². The molecule has 0 fully saturated rings. The van der Waals surface area contributed by atoms with E-state index in [0.29, 0.717) is 15.9 Å². The maximum Gasteiger partial charge on any atom is 0.161 e. The molecule has 0 aliphatic carbocycles. The van der Waals surface area contributed by atoms with Crippen LogP contribution in [0.15, 0.2) is 22.7 Å². The molecule has 0 spiro atoms. The number of rotatable bonds is 5. The van der Waals surface area contributed by atoms with Crippen molar-refractivity contribution in [2.45, 2.75) is 26.7 Å². The van der Waals surface area contributed by atoms with Crippen LogP contribution in [0, 0.1) is 9.39 Å². The highest BCUT2D eigenvalue weighted by molar-refractivity contribution is 14.1. The van der Waals surface area contributed by atoms with Gasteiger partial charge in [0.05, 0.1) is 9.26 Å². The fourth-order valence-corrected chi connectivity index (χ4v) is 3.18. The highest BCUT2D eigenvalue weighted by Gasteiger charge is 2.13. The lowest BCUT2D eigenvalue weighted by Gasteiger charge is -2.12. The Morgan fingerprint density at radius 3 is 2.62 bits per heavy atom. The van der Waals surface area contributed by atoms with Gasteiger partial charge >= 0.3 is 0 Å². The highest BCUT2D eigenvalue weighted by Crippen LogP contribution is 2.27. The summed E-state index contributed by atoms with van der Waals surface area (Å²) in [6, 6.07) is 4.71. The van der Waals surface area contributed by atoms with E-state index in [-0.39, 0.29) is 5.82 Å². The predicted molar refractivity (Wildman–Crippen MR) is 96.0 cm³/mol. The van der Waals surface area contributed by atoms with Crippen LogP contribution in [0.25, 0.3) is 11.4 Å². The van der Waals surface area contributed by atoms with Gasteiger partial charge < -0.3 is 5.32 Å². The molecule has 1 N–H and O–H groups in total. The fraction of sp³-hybridized carbons (Fsp3) is 0.333.